The Morgan fingerprint density at radius 2 is 1.84 bits per heavy atom. The fourth-order valence-corrected chi connectivity index (χ4v) is 5.62. The second-order valence-corrected chi connectivity index (χ2v) is 10.3. The summed E-state index contributed by atoms with van der Waals surface area (Å²) in [6.45, 7) is 2.33. The van der Waals surface area contributed by atoms with Crippen molar-refractivity contribution in [1.82, 2.24) is 9.97 Å². The molecule has 0 saturated heterocycles. The quantitative estimate of drug-likeness (QED) is 0.247. The van der Waals surface area contributed by atoms with Crippen LogP contribution < -0.4 is 14.8 Å². The number of allylic oxidation sites excluding steroid dienone is 4. The van der Waals surface area contributed by atoms with Crippen molar-refractivity contribution in [3.63, 3.8) is 0 Å². The average Bonchev–Trinajstić information content (AvgIpc) is 3.17. The molecule has 1 aromatic heterocycles. The largest absolute Gasteiger partial charge is 0.496 e. The first-order valence-electron chi connectivity index (χ1n) is 13.8. The number of ether oxygens (including phenoxy) is 2. The van der Waals surface area contributed by atoms with E-state index in [2.05, 4.69) is 41.5 Å². The monoisotopic (exact) mass is 576 g/mol. The van der Waals surface area contributed by atoms with Crippen LogP contribution in [0, 0.1) is 12.7 Å². The summed E-state index contributed by atoms with van der Waals surface area (Å²) in [5.74, 6) is -0.517. The number of halogens is 1. The lowest BCUT2D eigenvalue weighted by Crippen LogP contribution is -2.15. The van der Waals surface area contributed by atoms with Gasteiger partial charge in [-0.25, -0.2) is 19.2 Å². The summed E-state index contributed by atoms with van der Waals surface area (Å²) >= 11 is 0. The molecule has 0 fully saturated rings. The summed E-state index contributed by atoms with van der Waals surface area (Å²) in [5, 5.41) is 12.6. The van der Waals surface area contributed by atoms with Crippen molar-refractivity contribution in [2.45, 2.75) is 25.8 Å². The van der Waals surface area contributed by atoms with Crippen molar-refractivity contribution in [1.29, 1.82) is 0 Å². The Morgan fingerprint density at radius 1 is 1.02 bits per heavy atom. The minimum atomic E-state index is -1.08. The van der Waals surface area contributed by atoms with Gasteiger partial charge < -0.3 is 19.9 Å². The standard InChI is InChI=1S/C34H29FN4O4/c1-19-7-4-5-8-23(19)20-11-13-24-26(15-20)32(30-27(35)9-6-10-28(30)42-2)36-17-21-18-37-34(39-31(21)24)38-22-12-14-25(33(40)41)29(16-22)43-3/h4-10,12-16,18,20H,11,17H2,1-3H3,(H,40,41)(H,37,38,39). The van der Waals surface area contributed by atoms with Crippen LogP contribution in [0.15, 0.2) is 89.6 Å². The van der Waals surface area contributed by atoms with Crippen molar-refractivity contribution in [3.05, 3.63) is 124 Å². The van der Waals surface area contributed by atoms with Gasteiger partial charge in [0.2, 0.25) is 5.95 Å². The number of aliphatic imine (C=N–C) groups is 1. The molecule has 1 aliphatic heterocycles. The van der Waals surface area contributed by atoms with Crippen molar-refractivity contribution < 1.29 is 23.8 Å². The molecule has 0 saturated carbocycles. The normalized spacial score (nSPS) is 15.6. The number of anilines is 2. The maximum Gasteiger partial charge on any atom is 0.339 e. The minimum Gasteiger partial charge on any atom is -0.496 e. The zero-order valence-electron chi connectivity index (χ0n) is 23.9. The van der Waals surface area contributed by atoms with Crippen molar-refractivity contribution >= 4 is 28.9 Å². The van der Waals surface area contributed by atoms with Gasteiger partial charge in [-0.3, -0.25) is 4.99 Å². The van der Waals surface area contributed by atoms with E-state index in [0.717, 1.165) is 23.1 Å². The van der Waals surface area contributed by atoms with Gasteiger partial charge >= 0.3 is 5.97 Å². The van der Waals surface area contributed by atoms with E-state index < -0.39 is 11.8 Å². The third-order valence-electron chi connectivity index (χ3n) is 7.72. The summed E-state index contributed by atoms with van der Waals surface area (Å²) in [5.41, 5.74) is 6.89. The van der Waals surface area contributed by atoms with Crippen molar-refractivity contribution in [2.75, 3.05) is 19.5 Å². The van der Waals surface area contributed by atoms with Crippen LogP contribution in [0.25, 0.3) is 5.57 Å². The van der Waals surface area contributed by atoms with Gasteiger partial charge in [-0.15, -0.1) is 0 Å². The number of nitrogens with one attached hydrogen (secondary N) is 1. The Hall–Kier alpha value is -5.31. The molecule has 0 radical (unpaired) electrons. The molecular weight excluding hydrogens is 547 g/mol. The van der Waals surface area contributed by atoms with Gasteiger partial charge in [-0.05, 0) is 48.7 Å². The third kappa shape index (κ3) is 5.25. The Morgan fingerprint density at radius 3 is 2.60 bits per heavy atom. The molecule has 43 heavy (non-hydrogen) atoms. The SMILES string of the molecule is COc1cc(Nc2ncc3c(n2)C2=CCC(c4ccccc4C)C=C2C(c2c(F)cccc2OC)=NC3)ccc1C(=O)O. The Balaban J connectivity index is 1.45. The van der Waals surface area contributed by atoms with Crippen LogP contribution in [-0.2, 0) is 6.54 Å². The van der Waals surface area contributed by atoms with Crippen LogP contribution in [0.5, 0.6) is 11.5 Å². The number of aromatic nitrogens is 2. The average molecular weight is 577 g/mol. The van der Waals surface area contributed by atoms with Crippen molar-refractivity contribution in [3.8, 4) is 11.5 Å². The Bertz CT molecular complexity index is 1850. The first-order valence-corrected chi connectivity index (χ1v) is 13.8. The molecule has 8 nitrogen and oxygen atoms in total. The van der Waals surface area contributed by atoms with Gasteiger partial charge in [0.05, 0.1) is 37.7 Å². The predicted molar refractivity (Wildman–Crippen MR) is 163 cm³/mol. The van der Waals surface area contributed by atoms with Gasteiger partial charge in [0.1, 0.15) is 22.9 Å². The highest BCUT2D eigenvalue weighted by Crippen LogP contribution is 2.42. The molecule has 1 atom stereocenters. The fraction of sp³-hybridized carbons (Fsp3) is 0.176. The van der Waals surface area contributed by atoms with E-state index >= 15 is 4.39 Å². The number of hydrogen-bond acceptors (Lipinski definition) is 7. The second-order valence-electron chi connectivity index (χ2n) is 10.3. The Labute approximate surface area is 248 Å². The molecule has 3 aromatic carbocycles. The molecule has 9 heteroatoms. The molecule has 0 amide bonds. The molecule has 1 unspecified atom stereocenters. The number of aryl methyl sites for hydroxylation is 1. The van der Waals surface area contributed by atoms with Gasteiger partial charge in [-0.2, -0.15) is 0 Å². The van der Waals surface area contributed by atoms with Crippen LogP contribution in [0.4, 0.5) is 16.0 Å². The number of hydrogen-bond donors (Lipinski definition) is 2. The summed E-state index contributed by atoms with van der Waals surface area (Å²) in [6.07, 6.45) is 6.74. The van der Waals surface area contributed by atoms with E-state index in [0.29, 0.717) is 34.4 Å². The van der Waals surface area contributed by atoms with Gasteiger partial charge in [-0.1, -0.05) is 42.5 Å². The molecule has 2 aliphatic rings. The van der Waals surface area contributed by atoms with E-state index in [4.69, 9.17) is 19.5 Å². The molecule has 2 N–H and O–H groups in total. The zero-order chi connectivity index (χ0) is 30.1. The van der Waals surface area contributed by atoms with Crippen LogP contribution in [0.3, 0.4) is 0 Å². The fourth-order valence-electron chi connectivity index (χ4n) is 5.62. The van der Waals surface area contributed by atoms with Gasteiger partial charge in [0.25, 0.3) is 0 Å². The highest BCUT2D eigenvalue weighted by Gasteiger charge is 2.31. The summed E-state index contributed by atoms with van der Waals surface area (Å²) < 4.78 is 26.3. The number of nitrogens with zero attached hydrogens (tertiary/aromatic N) is 3. The number of carboxylic acids is 1. The zero-order valence-corrected chi connectivity index (χ0v) is 23.9. The second kappa shape index (κ2) is 11.5. The maximum atomic E-state index is 15.5. The first kappa shape index (κ1) is 27.8. The van der Waals surface area contributed by atoms with E-state index in [-0.39, 0.29) is 23.8 Å². The van der Waals surface area contributed by atoms with E-state index in [9.17, 15) is 9.90 Å². The lowest BCUT2D eigenvalue weighted by Gasteiger charge is -2.24. The highest BCUT2D eigenvalue weighted by molar-refractivity contribution is 6.23. The number of methoxy groups -OCH3 is 2. The number of carboxylic acid groups (broad SMARTS) is 1. The smallest absolute Gasteiger partial charge is 0.339 e. The van der Waals surface area contributed by atoms with Crippen LogP contribution in [0.1, 0.15) is 50.6 Å². The van der Waals surface area contributed by atoms with E-state index in [1.54, 1.807) is 30.5 Å². The molecule has 6 rings (SSSR count). The molecule has 216 valence electrons. The summed E-state index contributed by atoms with van der Waals surface area (Å²) in [7, 11) is 2.94. The molecule has 0 bridgehead atoms. The van der Waals surface area contributed by atoms with E-state index in [1.165, 1.54) is 37.5 Å². The number of fused-ring (bicyclic) bond motifs is 3. The molecule has 1 aliphatic carbocycles. The Kier molecular flexibility index (Phi) is 7.46. The third-order valence-corrected chi connectivity index (χ3v) is 7.72. The van der Waals surface area contributed by atoms with Crippen LogP contribution in [0.2, 0.25) is 0 Å². The lowest BCUT2D eigenvalue weighted by atomic mass is 9.80. The number of aromatic carboxylic acids is 1. The molecular formula is C34H29FN4O4. The van der Waals surface area contributed by atoms with Crippen molar-refractivity contribution in [2.24, 2.45) is 4.99 Å². The molecule has 0 spiro atoms. The van der Waals surface area contributed by atoms with Crippen LogP contribution in [-0.4, -0.2) is 41.0 Å². The maximum absolute atomic E-state index is 15.5. The molecule has 2 heterocycles. The van der Waals surface area contributed by atoms with E-state index in [1.807, 2.05) is 12.1 Å². The minimum absolute atomic E-state index is 0.0505. The number of carbonyl (C=O) groups is 1. The molecule has 4 aromatic rings. The topological polar surface area (TPSA) is 106 Å². The predicted octanol–water partition coefficient (Wildman–Crippen LogP) is 6.88. The van der Waals surface area contributed by atoms with Crippen LogP contribution >= 0.6 is 0 Å². The summed E-state index contributed by atoms with van der Waals surface area (Å²) in [6, 6.07) is 17.7. The first-order chi connectivity index (χ1) is 20.9. The number of benzene rings is 3. The number of rotatable bonds is 7. The summed E-state index contributed by atoms with van der Waals surface area (Å²) in [4.78, 5) is 25.8. The van der Waals surface area contributed by atoms with Gasteiger partial charge in [0.15, 0.2) is 0 Å². The highest BCUT2D eigenvalue weighted by atomic mass is 19.1. The van der Waals surface area contributed by atoms with Gasteiger partial charge in [0, 0.05) is 40.6 Å². The lowest BCUT2D eigenvalue weighted by molar-refractivity contribution is 0.0693.